The molecule has 0 atom stereocenters. The lowest BCUT2D eigenvalue weighted by atomic mass is 9.33. The molecule has 2 aliphatic rings. The summed E-state index contributed by atoms with van der Waals surface area (Å²) in [4.78, 5) is 20.2. The van der Waals surface area contributed by atoms with Crippen molar-refractivity contribution in [1.29, 1.82) is 5.26 Å². The molecule has 0 aliphatic carbocycles. The van der Waals surface area contributed by atoms with E-state index in [1.54, 1.807) is 0 Å². The predicted octanol–water partition coefficient (Wildman–Crippen LogP) is 13.6. The zero-order valence-corrected chi connectivity index (χ0v) is 38.8. The number of anilines is 6. The molecule has 2 aliphatic heterocycles. The highest BCUT2D eigenvalue weighted by atomic mass is 15.2. The van der Waals surface area contributed by atoms with Crippen LogP contribution >= 0.6 is 0 Å². The van der Waals surface area contributed by atoms with Gasteiger partial charge in [0.1, 0.15) is 0 Å². The van der Waals surface area contributed by atoms with Gasteiger partial charge in [0.25, 0.3) is 6.71 Å². The Morgan fingerprint density at radius 1 is 0.361 bits per heavy atom. The van der Waals surface area contributed by atoms with Crippen molar-refractivity contribution in [3.63, 3.8) is 0 Å². The molecule has 0 N–H and O–H groups in total. The second-order valence-corrected chi connectivity index (χ2v) is 18.3. The van der Waals surface area contributed by atoms with E-state index < -0.39 is 0 Å². The number of nitrogens with zero attached hydrogens (tertiary/aromatic N) is 7. The molecule has 4 heterocycles. The third kappa shape index (κ3) is 6.56. The van der Waals surface area contributed by atoms with Crippen molar-refractivity contribution in [2.45, 2.75) is 0 Å². The van der Waals surface area contributed by atoms with Gasteiger partial charge in [0.05, 0.1) is 28.4 Å². The van der Waals surface area contributed by atoms with E-state index >= 15 is 0 Å². The van der Waals surface area contributed by atoms with Crippen molar-refractivity contribution in [1.82, 2.24) is 19.5 Å². The molecule has 0 radical (unpaired) electrons. The fourth-order valence-corrected chi connectivity index (χ4v) is 11.1. The number of rotatable bonds is 7. The van der Waals surface area contributed by atoms with Gasteiger partial charge in [0, 0.05) is 61.6 Å². The van der Waals surface area contributed by atoms with Crippen LogP contribution in [0.3, 0.4) is 0 Å². The summed E-state index contributed by atoms with van der Waals surface area (Å²) in [6.45, 7) is 0.0205. The van der Waals surface area contributed by atoms with Gasteiger partial charge < -0.3 is 14.4 Å². The van der Waals surface area contributed by atoms with Gasteiger partial charge in [-0.1, -0.05) is 158 Å². The Morgan fingerprint density at radius 2 is 0.861 bits per heavy atom. The van der Waals surface area contributed by atoms with Crippen LogP contribution in [-0.2, 0) is 0 Å². The van der Waals surface area contributed by atoms with Crippen molar-refractivity contribution in [3.05, 3.63) is 248 Å². The SMILES string of the molecule is N#Cc1ccc(-c2nc(-c3ccccc3)nc(-c3ccccc3)n2)c(-n2c3ccccc3c3cc(-c4cc5c6c(c4)N(c4ccccc4)c4ccccc4B6c4ccccc4N5c4ccccc4)ccc32)c1. The molecule has 0 bridgehead atoms. The van der Waals surface area contributed by atoms with Crippen LogP contribution in [-0.4, -0.2) is 26.2 Å². The van der Waals surface area contributed by atoms with E-state index in [0.717, 1.165) is 78.1 Å². The fraction of sp³-hybridized carbons (Fsp3) is 0. The number of benzene rings is 10. The van der Waals surface area contributed by atoms with E-state index in [2.05, 4.69) is 184 Å². The number of hydrogen-bond donors (Lipinski definition) is 0. The van der Waals surface area contributed by atoms with E-state index in [4.69, 9.17) is 15.0 Å². The summed E-state index contributed by atoms with van der Waals surface area (Å²) in [5.74, 6) is 1.65. The summed E-state index contributed by atoms with van der Waals surface area (Å²) in [7, 11) is 0. The Morgan fingerprint density at radius 3 is 1.44 bits per heavy atom. The quantitative estimate of drug-likeness (QED) is 0.148. The Labute approximate surface area is 416 Å². The first-order valence-corrected chi connectivity index (χ1v) is 24.2. The summed E-state index contributed by atoms with van der Waals surface area (Å²) < 4.78 is 2.27. The Hall–Kier alpha value is -9.84. The Bertz CT molecular complexity index is 3960. The van der Waals surface area contributed by atoms with Gasteiger partial charge in [-0.3, -0.25) is 0 Å². The molecule has 0 amide bonds. The molecule has 12 aromatic rings. The van der Waals surface area contributed by atoms with Crippen LogP contribution in [0, 0.1) is 11.3 Å². The maximum atomic E-state index is 10.4. The molecular formula is C64H40BN7. The minimum absolute atomic E-state index is 0.0205. The lowest BCUT2D eigenvalue weighted by Gasteiger charge is -2.44. The molecule has 0 fully saturated rings. The Balaban J connectivity index is 1.00. The van der Waals surface area contributed by atoms with Gasteiger partial charge in [-0.05, 0) is 112 Å². The van der Waals surface area contributed by atoms with E-state index in [1.165, 1.54) is 27.8 Å². The first-order valence-electron chi connectivity index (χ1n) is 24.2. The second-order valence-electron chi connectivity index (χ2n) is 18.3. The molecule has 14 rings (SSSR count). The van der Waals surface area contributed by atoms with E-state index in [9.17, 15) is 5.26 Å². The number of para-hydroxylation sites is 5. The van der Waals surface area contributed by atoms with Crippen LogP contribution in [0.4, 0.5) is 34.1 Å². The third-order valence-corrected chi connectivity index (χ3v) is 14.2. The van der Waals surface area contributed by atoms with Gasteiger partial charge in [-0.25, -0.2) is 15.0 Å². The second kappa shape index (κ2) is 16.7. The smallest absolute Gasteiger partial charge is 0.252 e. The minimum atomic E-state index is 0.0205. The molecule has 7 nitrogen and oxygen atoms in total. The van der Waals surface area contributed by atoms with Crippen LogP contribution in [0.25, 0.3) is 72.8 Å². The number of fused-ring (bicyclic) bond motifs is 7. The van der Waals surface area contributed by atoms with E-state index in [1.807, 2.05) is 78.9 Å². The highest BCUT2D eigenvalue weighted by molar-refractivity contribution is 7.00. The molecule has 0 spiro atoms. The summed E-state index contributed by atoms with van der Waals surface area (Å²) in [6, 6.07) is 87.7. The van der Waals surface area contributed by atoms with Crippen molar-refractivity contribution in [2.24, 2.45) is 0 Å². The molecule has 72 heavy (non-hydrogen) atoms. The maximum Gasteiger partial charge on any atom is 0.252 e. The average Bonchev–Trinajstić information content (AvgIpc) is 3.79. The van der Waals surface area contributed by atoms with Crippen molar-refractivity contribution in [3.8, 4) is 57.0 Å². The standard InChI is InChI=1S/C64H40BN7/c66-41-42-33-35-50(64-68-62(43-19-5-1-6-20-43)67-63(69-64)44-21-7-2-8-22-44)58(37-42)72-54-30-16-13-27-49(54)51-38-45(34-36-55(51)72)46-39-59-61-60(40-46)71(48-25-11-4-12-26-48)57-32-18-15-29-53(57)65(61)52-28-14-17-31-56(52)70(59)47-23-9-3-10-24-47/h1-40H. The van der Waals surface area contributed by atoms with Gasteiger partial charge >= 0.3 is 0 Å². The lowest BCUT2D eigenvalue weighted by molar-refractivity contribution is 1.06. The molecule has 334 valence electrons. The van der Waals surface area contributed by atoms with Crippen LogP contribution < -0.4 is 26.2 Å². The van der Waals surface area contributed by atoms with Gasteiger partial charge in [-0.15, -0.1) is 0 Å². The number of hydrogen-bond acceptors (Lipinski definition) is 6. The van der Waals surface area contributed by atoms with Crippen molar-refractivity contribution < 1.29 is 0 Å². The Kier molecular flexibility index (Phi) is 9.54. The molecule has 0 saturated carbocycles. The molecule has 0 saturated heterocycles. The summed E-state index contributed by atoms with van der Waals surface area (Å²) in [5.41, 5.74) is 18.8. The topological polar surface area (TPSA) is 73.9 Å². The predicted molar refractivity (Wildman–Crippen MR) is 295 cm³/mol. The molecule has 2 aromatic heterocycles. The van der Waals surface area contributed by atoms with Crippen LogP contribution in [0.15, 0.2) is 243 Å². The van der Waals surface area contributed by atoms with Crippen molar-refractivity contribution >= 4 is 79.0 Å². The maximum absolute atomic E-state index is 10.4. The first kappa shape index (κ1) is 41.2. The summed E-state index contributed by atoms with van der Waals surface area (Å²) in [5, 5.41) is 12.6. The normalized spacial score (nSPS) is 12.3. The molecule has 0 unspecified atom stereocenters. The minimum Gasteiger partial charge on any atom is -0.311 e. The molecule has 8 heteroatoms. The average molecular weight is 918 g/mol. The van der Waals surface area contributed by atoms with E-state index in [-0.39, 0.29) is 6.71 Å². The van der Waals surface area contributed by atoms with Crippen LogP contribution in [0.5, 0.6) is 0 Å². The molecule has 10 aromatic carbocycles. The summed E-state index contributed by atoms with van der Waals surface area (Å²) >= 11 is 0. The van der Waals surface area contributed by atoms with Gasteiger partial charge in [0.15, 0.2) is 17.5 Å². The van der Waals surface area contributed by atoms with E-state index in [0.29, 0.717) is 23.0 Å². The number of nitriles is 1. The summed E-state index contributed by atoms with van der Waals surface area (Å²) in [6.07, 6.45) is 0. The monoisotopic (exact) mass is 917 g/mol. The highest BCUT2D eigenvalue weighted by Crippen LogP contribution is 2.47. The van der Waals surface area contributed by atoms with Crippen LogP contribution in [0.1, 0.15) is 5.56 Å². The van der Waals surface area contributed by atoms with Crippen molar-refractivity contribution in [2.75, 3.05) is 9.80 Å². The largest absolute Gasteiger partial charge is 0.311 e. The first-order chi connectivity index (χ1) is 35.7. The fourth-order valence-electron chi connectivity index (χ4n) is 11.1. The zero-order chi connectivity index (χ0) is 47.7. The lowest BCUT2D eigenvalue weighted by Crippen LogP contribution is -2.61. The highest BCUT2D eigenvalue weighted by Gasteiger charge is 2.43. The zero-order valence-electron chi connectivity index (χ0n) is 38.8. The molecular weight excluding hydrogens is 878 g/mol. The van der Waals surface area contributed by atoms with Crippen LogP contribution in [0.2, 0.25) is 0 Å². The van der Waals surface area contributed by atoms with Gasteiger partial charge in [-0.2, -0.15) is 5.26 Å². The number of aromatic nitrogens is 4. The third-order valence-electron chi connectivity index (χ3n) is 14.2. The van der Waals surface area contributed by atoms with Gasteiger partial charge in [0.2, 0.25) is 0 Å².